The molecule has 4 nitrogen and oxygen atoms in total. The summed E-state index contributed by atoms with van der Waals surface area (Å²) in [6.07, 6.45) is 8.89. The Balaban J connectivity index is 1.76. The van der Waals surface area contributed by atoms with Crippen molar-refractivity contribution >= 4 is 21.6 Å². The van der Waals surface area contributed by atoms with Gasteiger partial charge in [-0.1, -0.05) is 12.8 Å². The van der Waals surface area contributed by atoms with E-state index in [0.29, 0.717) is 29.3 Å². The maximum Gasteiger partial charge on any atom is 0.244 e. The van der Waals surface area contributed by atoms with Crippen LogP contribution >= 0.6 is 11.6 Å². The molecule has 6 heteroatoms. The summed E-state index contributed by atoms with van der Waals surface area (Å²) in [7, 11) is -1.53. The molecule has 0 atom stereocenters. The SMILES string of the molecule is Cn1cc(S(=O)(=O)N2CCC3(CCCC3)CC2)cc1CCl. The molecular formula is C15H23ClN2O2S. The van der Waals surface area contributed by atoms with Crippen LogP contribution in [0.4, 0.5) is 0 Å². The van der Waals surface area contributed by atoms with E-state index in [1.54, 1.807) is 21.1 Å². The molecule has 3 rings (SSSR count). The Hall–Kier alpha value is -0.520. The Labute approximate surface area is 132 Å². The first-order chi connectivity index (χ1) is 9.97. The summed E-state index contributed by atoms with van der Waals surface area (Å²) >= 11 is 5.83. The van der Waals surface area contributed by atoms with Gasteiger partial charge in [0.25, 0.3) is 0 Å². The fourth-order valence-corrected chi connectivity index (χ4v) is 5.63. The second kappa shape index (κ2) is 5.60. The van der Waals surface area contributed by atoms with Crippen LogP contribution in [0.25, 0.3) is 0 Å². The molecule has 0 N–H and O–H groups in total. The Morgan fingerprint density at radius 2 is 1.81 bits per heavy atom. The second-order valence-corrected chi connectivity index (χ2v) is 8.73. The number of piperidine rings is 1. The van der Waals surface area contributed by atoms with Crippen LogP contribution in [0, 0.1) is 5.41 Å². The first-order valence-corrected chi connectivity index (χ1v) is 9.66. The van der Waals surface area contributed by atoms with Crippen molar-refractivity contribution in [2.24, 2.45) is 12.5 Å². The lowest BCUT2D eigenvalue weighted by Crippen LogP contribution is -2.42. The van der Waals surface area contributed by atoms with Gasteiger partial charge in [-0.2, -0.15) is 4.31 Å². The monoisotopic (exact) mass is 330 g/mol. The van der Waals surface area contributed by atoms with Gasteiger partial charge in [0.1, 0.15) is 4.90 Å². The van der Waals surface area contributed by atoms with Crippen LogP contribution in [0.3, 0.4) is 0 Å². The largest absolute Gasteiger partial charge is 0.352 e. The Bertz CT molecular complexity index is 608. The zero-order chi connectivity index (χ0) is 15.1. The molecule has 1 saturated heterocycles. The number of hydrogen-bond acceptors (Lipinski definition) is 2. The molecule has 0 amide bonds. The number of aromatic nitrogens is 1. The van der Waals surface area contributed by atoms with Gasteiger partial charge in [0.05, 0.1) is 5.88 Å². The molecule has 0 aromatic carbocycles. The first kappa shape index (κ1) is 15.4. The van der Waals surface area contributed by atoms with Crippen molar-refractivity contribution in [3.8, 4) is 0 Å². The third-order valence-electron chi connectivity index (χ3n) is 5.30. The molecule has 2 aliphatic rings. The molecular weight excluding hydrogens is 308 g/mol. The van der Waals surface area contributed by atoms with Gasteiger partial charge in [-0.3, -0.25) is 0 Å². The van der Waals surface area contributed by atoms with Crippen molar-refractivity contribution in [2.75, 3.05) is 13.1 Å². The molecule has 1 aromatic heterocycles. The van der Waals surface area contributed by atoms with E-state index in [1.165, 1.54) is 25.7 Å². The number of hydrogen-bond donors (Lipinski definition) is 0. The van der Waals surface area contributed by atoms with Crippen LogP contribution in [-0.2, 0) is 23.0 Å². The number of rotatable bonds is 3. The molecule has 118 valence electrons. The van der Waals surface area contributed by atoms with Crippen LogP contribution in [0.1, 0.15) is 44.2 Å². The number of nitrogens with zero attached hydrogens (tertiary/aromatic N) is 2. The van der Waals surface area contributed by atoms with Gasteiger partial charge < -0.3 is 4.57 Å². The zero-order valence-corrected chi connectivity index (χ0v) is 14.1. The zero-order valence-electron chi connectivity index (χ0n) is 12.5. The quantitative estimate of drug-likeness (QED) is 0.799. The smallest absolute Gasteiger partial charge is 0.244 e. The van der Waals surface area contributed by atoms with Crippen LogP contribution in [-0.4, -0.2) is 30.4 Å². The average Bonchev–Trinajstić information content (AvgIpc) is 3.07. The fourth-order valence-electron chi connectivity index (χ4n) is 3.83. The van der Waals surface area contributed by atoms with Gasteiger partial charge in [0.2, 0.25) is 10.0 Å². The standard InChI is InChI=1S/C15H23ClN2O2S/c1-17-12-14(10-13(17)11-16)21(19,20)18-8-6-15(7-9-18)4-2-3-5-15/h10,12H,2-9,11H2,1H3. The average molecular weight is 331 g/mol. The molecule has 1 aliphatic heterocycles. The summed E-state index contributed by atoms with van der Waals surface area (Å²) in [5, 5.41) is 0. The van der Waals surface area contributed by atoms with Crippen molar-refractivity contribution in [1.82, 2.24) is 8.87 Å². The topological polar surface area (TPSA) is 42.3 Å². The highest BCUT2D eigenvalue weighted by Crippen LogP contribution is 2.46. The predicted octanol–water partition coefficient (Wildman–Crippen LogP) is 3.11. The lowest BCUT2D eigenvalue weighted by molar-refractivity contribution is 0.160. The number of halogens is 1. The Kier molecular flexibility index (Phi) is 4.10. The number of alkyl halides is 1. The number of sulfonamides is 1. The maximum atomic E-state index is 12.7. The van der Waals surface area contributed by atoms with Gasteiger partial charge in [0.15, 0.2) is 0 Å². The molecule has 2 fully saturated rings. The van der Waals surface area contributed by atoms with E-state index in [0.717, 1.165) is 18.5 Å². The third kappa shape index (κ3) is 2.76. The summed E-state index contributed by atoms with van der Waals surface area (Å²) in [5.74, 6) is 0.329. The predicted molar refractivity (Wildman–Crippen MR) is 83.9 cm³/mol. The van der Waals surface area contributed by atoms with E-state index in [1.807, 2.05) is 7.05 Å². The molecule has 2 heterocycles. The first-order valence-electron chi connectivity index (χ1n) is 7.68. The molecule has 0 bridgehead atoms. The van der Waals surface area contributed by atoms with Gasteiger partial charge in [0, 0.05) is 32.0 Å². The van der Waals surface area contributed by atoms with Crippen molar-refractivity contribution in [3.05, 3.63) is 18.0 Å². The van der Waals surface area contributed by atoms with Gasteiger partial charge >= 0.3 is 0 Å². The lowest BCUT2D eigenvalue weighted by Gasteiger charge is -2.38. The summed E-state index contributed by atoms with van der Waals surface area (Å²) in [6.45, 7) is 1.32. The highest BCUT2D eigenvalue weighted by Gasteiger charge is 2.40. The minimum Gasteiger partial charge on any atom is -0.352 e. The molecule has 1 aromatic rings. The van der Waals surface area contributed by atoms with E-state index in [9.17, 15) is 8.42 Å². The normalized spacial score (nSPS) is 23.0. The van der Waals surface area contributed by atoms with E-state index in [4.69, 9.17) is 11.6 Å². The summed E-state index contributed by atoms with van der Waals surface area (Å²) in [6, 6.07) is 1.70. The number of aryl methyl sites for hydroxylation is 1. The second-order valence-electron chi connectivity index (χ2n) is 6.52. The Morgan fingerprint density at radius 3 is 2.33 bits per heavy atom. The summed E-state index contributed by atoms with van der Waals surface area (Å²) in [5.41, 5.74) is 1.27. The minimum atomic E-state index is -3.37. The summed E-state index contributed by atoms with van der Waals surface area (Å²) in [4.78, 5) is 0.378. The van der Waals surface area contributed by atoms with E-state index in [-0.39, 0.29) is 0 Å². The molecule has 1 aliphatic carbocycles. The third-order valence-corrected chi connectivity index (χ3v) is 7.44. The highest BCUT2D eigenvalue weighted by atomic mass is 35.5. The van der Waals surface area contributed by atoms with Gasteiger partial charge in [-0.25, -0.2) is 8.42 Å². The van der Waals surface area contributed by atoms with Crippen molar-refractivity contribution < 1.29 is 8.42 Å². The van der Waals surface area contributed by atoms with E-state index >= 15 is 0 Å². The highest BCUT2D eigenvalue weighted by molar-refractivity contribution is 7.89. The van der Waals surface area contributed by atoms with Crippen LogP contribution in [0.5, 0.6) is 0 Å². The van der Waals surface area contributed by atoms with E-state index in [2.05, 4.69) is 0 Å². The fraction of sp³-hybridized carbons (Fsp3) is 0.733. The van der Waals surface area contributed by atoms with Crippen LogP contribution < -0.4 is 0 Å². The maximum absolute atomic E-state index is 12.7. The van der Waals surface area contributed by atoms with Crippen molar-refractivity contribution in [1.29, 1.82) is 0 Å². The van der Waals surface area contributed by atoms with Crippen molar-refractivity contribution in [2.45, 2.75) is 49.3 Å². The summed E-state index contributed by atoms with van der Waals surface area (Å²) < 4.78 is 28.9. The Morgan fingerprint density at radius 1 is 1.19 bits per heavy atom. The van der Waals surface area contributed by atoms with Gasteiger partial charge in [-0.15, -0.1) is 11.6 Å². The lowest BCUT2D eigenvalue weighted by atomic mass is 9.78. The molecule has 0 unspecified atom stereocenters. The van der Waals surface area contributed by atoms with Crippen molar-refractivity contribution in [3.63, 3.8) is 0 Å². The molecule has 0 radical (unpaired) electrons. The van der Waals surface area contributed by atoms with Gasteiger partial charge in [-0.05, 0) is 37.2 Å². The van der Waals surface area contributed by atoms with E-state index < -0.39 is 10.0 Å². The van der Waals surface area contributed by atoms with Crippen LogP contribution in [0.2, 0.25) is 0 Å². The minimum absolute atomic E-state index is 0.329. The molecule has 1 saturated carbocycles. The molecule has 1 spiro atoms. The van der Waals surface area contributed by atoms with Crippen LogP contribution in [0.15, 0.2) is 17.2 Å². The molecule has 21 heavy (non-hydrogen) atoms.